The zero-order valence-corrected chi connectivity index (χ0v) is 12.3. The quantitative estimate of drug-likeness (QED) is 0.765. The predicted molar refractivity (Wildman–Crippen MR) is 74.3 cm³/mol. The SMILES string of the molecule is CC(C)CN1CCOC(CN2CCOCC2CO)C1. The molecule has 0 bridgehead atoms. The maximum atomic E-state index is 9.39. The normalized spacial score (nSPS) is 30.9. The van der Waals surface area contributed by atoms with Gasteiger partial charge in [-0.05, 0) is 5.92 Å². The highest BCUT2D eigenvalue weighted by atomic mass is 16.5. The van der Waals surface area contributed by atoms with Gasteiger partial charge in [-0.15, -0.1) is 0 Å². The van der Waals surface area contributed by atoms with Crippen molar-refractivity contribution >= 4 is 0 Å². The molecule has 0 saturated carbocycles. The molecule has 2 saturated heterocycles. The highest BCUT2D eigenvalue weighted by Gasteiger charge is 2.28. The number of aliphatic hydroxyl groups excluding tert-OH is 1. The van der Waals surface area contributed by atoms with E-state index in [1.54, 1.807) is 0 Å². The minimum Gasteiger partial charge on any atom is -0.395 e. The van der Waals surface area contributed by atoms with Gasteiger partial charge in [0.2, 0.25) is 0 Å². The van der Waals surface area contributed by atoms with Crippen molar-refractivity contribution in [3.05, 3.63) is 0 Å². The van der Waals surface area contributed by atoms with Crippen molar-refractivity contribution in [2.75, 3.05) is 59.2 Å². The Morgan fingerprint density at radius 2 is 2.11 bits per heavy atom. The smallest absolute Gasteiger partial charge is 0.0829 e. The molecule has 2 atom stereocenters. The molecule has 5 heteroatoms. The van der Waals surface area contributed by atoms with E-state index in [-0.39, 0.29) is 18.8 Å². The lowest BCUT2D eigenvalue weighted by molar-refractivity contribution is -0.0814. The molecule has 19 heavy (non-hydrogen) atoms. The van der Waals surface area contributed by atoms with E-state index in [1.807, 2.05) is 0 Å². The largest absolute Gasteiger partial charge is 0.395 e. The van der Waals surface area contributed by atoms with Gasteiger partial charge in [0.1, 0.15) is 0 Å². The van der Waals surface area contributed by atoms with E-state index in [2.05, 4.69) is 23.6 Å². The van der Waals surface area contributed by atoms with Crippen LogP contribution in [0.3, 0.4) is 0 Å². The summed E-state index contributed by atoms with van der Waals surface area (Å²) in [7, 11) is 0. The van der Waals surface area contributed by atoms with Crippen molar-refractivity contribution in [2.45, 2.75) is 26.0 Å². The fraction of sp³-hybridized carbons (Fsp3) is 1.00. The van der Waals surface area contributed by atoms with E-state index >= 15 is 0 Å². The summed E-state index contributed by atoms with van der Waals surface area (Å²) < 4.78 is 11.3. The molecule has 1 N–H and O–H groups in total. The third kappa shape index (κ3) is 4.68. The van der Waals surface area contributed by atoms with Crippen LogP contribution in [0, 0.1) is 5.92 Å². The van der Waals surface area contributed by atoms with Gasteiger partial charge in [-0.2, -0.15) is 0 Å². The zero-order chi connectivity index (χ0) is 13.7. The van der Waals surface area contributed by atoms with Crippen LogP contribution in [-0.2, 0) is 9.47 Å². The number of hydrogen-bond donors (Lipinski definition) is 1. The van der Waals surface area contributed by atoms with Crippen LogP contribution in [0.5, 0.6) is 0 Å². The van der Waals surface area contributed by atoms with E-state index in [1.165, 1.54) is 0 Å². The molecule has 0 aromatic carbocycles. The second-order valence-corrected chi connectivity index (χ2v) is 6.05. The molecule has 2 fully saturated rings. The number of ether oxygens (including phenoxy) is 2. The predicted octanol–water partition coefficient (Wildman–Crippen LogP) is 0.0363. The van der Waals surface area contributed by atoms with Crippen LogP contribution in [0.2, 0.25) is 0 Å². The second-order valence-electron chi connectivity index (χ2n) is 6.05. The third-order valence-corrected chi connectivity index (χ3v) is 3.84. The summed E-state index contributed by atoms with van der Waals surface area (Å²) in [4.78, 5) is 4.81. The van der Waals surface area contributed by atoms with Gasteiger partial charge in [-0.3, -0.25) is 9.80 Å². The Morgan fingerprint density at radius 1 is 1.26 bits per heavy atom. The summed E-state index contributed by atoms with van der Waals surface area (Å²) in [5.74, 6) is 0.701. The molecule has 0 aromatic rings. The molecular weight excluding hydrogens is 244 g/mol. The standard InChI is InChI=1S/C14H28N2O3/c1-12(2)7-15-3-6-19-14(8-15)9-16-4-5-18-11-13(16)10-17/h12-14,17H,3-11H2,1-2H3. The number of hydrogen-bond acceptors (Lipinski definition) is 5. The highest BCUT2D eigenvalue weighted by Crippen LogP contribution is 2.13. The van der Waals surface area contributed by atoms with Gasteiger partial charge >= 0.3 is 0 Å². The first kappa shape index (κ1) is 15.2. The molecule has 0 aromatic heterocycles. The summed E-state index contributed by atoms with van der Waals surface area (Å²) in [6.07, 6.45) is 0.264. The Kier molecular flexibility index (Phi) is 6.04. The first-order valence-corrected chi connectivity index (χ1v) is 7.45. The first-order valence-electron chi connectivity index (χ1n) is 7.45. The van der Waals surface area contributed by atoms with Crippen LogP contribution < -0.4 is 0 Å². The van der Waals surface area contributed by atoms with Gasteiger partial charge in [0, 0.05) is 32.7 Å². The maximum Gasteiger partial charge on any atom is 0.0829 e. The Bertz CT molecular complexity index is 263. The van der Waals surface area contributed by atoms with Gasteiger partial charge in [0.05, 0.1) is 38.6 Å². The summed E-state index contributed by atoms with van der Waals surface area (Å²) in [5, 5.41) is 9.39. The fourth-order valence-corrected chi connectivity index (χ4v) is 2.93. The molecular formula is C14H28N2O3. The van der Waals surface area contributed by atoms with Gasteiger partial charge < -0.3 is 14.6 Å². The molecule has 0 radical (unpaired) electrons. The molecule has 5 nitrogen and oxygen atoms in total. The van der Waals surface area contributed by atoms with E-state index in [9.17, 15) is 5.11 Å². The van der Waals surface area contributed by atoms with Crippen LogP contribution in [0.1, 0.15) is 13.8 Å². The topological polar surface area (TPSA) is 45.2 Å². The Hall–Kier alpha value is -0.200. The molecule has 2 unspecified atom stereocenters. The first-order chi connectivity index (χ1) is 9.19. The van der Waals surface area contributed by atoms with Gasteiger partial charge in [-0.1, -0.05) is 13.8 Å². The molecule has 0 spiro atoms. The van der Waals surface area contributed by atoms with Crippen LogP contribution in [0.4, 0.5) is 0 Å². The number of nitrogens with zero attached hydrogens (tertiary/aromatic N) is 2. The van der Waals surface area contributed by atoms with Gasteiger partial charge in [0.25, 0.3) is 0 Å². The minimum atomic E-state index is 0.137. The van der Waals surface area contributed by atoms with Crippen molar-refractivity contribution < 1.29 is 14.6 Å². The van der Waals surface area contributed by atoms with E-state index < -0.39 is 0 Å². The number of rotatable bonds is 5. The van der Waals surface area contributed by atoms with Crippen molar-refractivity contribution in [3.8, 4) is 0 Å². The zero-order valence-electron chi connectivity index (χ0n) is 12.3. The van der Waals surface area contributed by atoms with Gasteiger partial charge in [-0.25, -0.2) is 0 Å². The lowest BCUT2D eigenvalue weighted by atomic mass is 10.1. The summed E-state index contributed by atoms with van der Waals surface area (Å²) in [6.45, 7) is 11.9. The van der Waals surface area contributed by atoms with E-state index in [0.29, 0.717) is 12.5 Å². The van der Waals surface area contributed by atoms with E-state index in [4.69, 9.17) is 9.47 Å². The average molecular weight is 272 g/mol. The average Bonchev–Trinajstić information content (AvgIpc) is 2.39. The van der Waals surface area contributed by atoms with Crippen LogP contribution in [0.15, 0.2) is 0 Å². The molecule has 2 aliphatic rings. The number of morpholine rings is 2. The minimum absolute atomic E-state index is 0.137. The van der Waals surface area contributed by atoms with Gasteiger partial charge in [0.15, 0.2) is 0 Å². The highest BCUT2D eigenvalue weighted by molar-refractivity contribution is 4.81. The van der Waals surface area contributed by atoms with Crippen LogP contribution >= 0.6 is 0 Å². The van der Waals surface area contributed by atoms with Crippen molar-refractivity contribution in [2.24, 2.45) is 5.92 Å². The molecule has 2 heterocycles. The summed E-state index contributed by atoms with van der Waals surface area (Å²) in [5.41, 5.74) is 0. The van der Waals surface area contributed by atoms with Crippen LogP contribution in [-0.4, -0.2) is 86.2 Å². The fourth-order valence-electron chi connectivity index (χ4n) is 2.93. The molecule has 2 aliphatic heterocycles. The lowest BCUT2D eigenvalue weighted by Crippen LogP contribution is -2.54. The summed E-state index contributed by atoms with van der Waals surface area (Å²) in [6, 6.07) is 0.137. The Morgan fingerprint density at radius 3 is 2.84 bits per heavy atom. The van der Waals surface area contributed by atoms with Crippen molar-refractivity contribution in [3.63, 3.8) is 0 Å². The molecule has 0 amide bonds. The third-order valence-electron chi connectivity index (χ3n) is 3.84. The number of aliphatic hydroxyl groups is 1. The Labute approximate surface area is 116 Å². The summed E-state index contributed by atoms with van der Waals surface area (Å²) >= 11 is 0. The maximum absolute atomic E-state index is 9.39. The molecule has 0 aliphatic carbocycles. The lowest BCUT2D eigenvalue weighted by Gasteiger charge is -2.40. The van der Waals surface area contributed by atoms with Crippen LogP contribution in [0.25, 0.3) is 0 Å². The Balaban J connectivity index is 1.80. The second kappa shape index (κ2) is 7.55. The molecule has 2 rings (SSSR count). The van der Waals surface area contributed by atoms with Crippen molar-refractivity contribution in [1.82, 2.24) is 9.80 Å². The van der Waals surface area contributed by atoms with E-state index in [0.717, 1.165) is 45.9 Å². The van der Waals surface area contributed by atoms with Crippen molar-refractivity contribution in [1.29, 1.82) is 0 Å². The monoisotopic (exact) mass is 272 g/mol. The molecule has 112 valence electrons.